The summed E-state index contributed by atoms with van der Waals surface area (Å²) in [7, 11) is 0. The number of benzene rings is 2. The summed E-state index contributed by atoms with van der Waals surface area (Å²) in [5, 5.41) is 3.78. The number of hydrazone groups is 1. The molecule has 0 bridgehead atoms. The summed E-state index contributed by atoms with van der Waals surface area (Å²) in [5.41, 5.74) is 8.05. The Kier molecular flexibility index (Phi) is 4.58. The maximum atomic E-state index is 10.6. The molecule has 0 spiro atoms. The monoisotopic (exact) mass is 271 g/mol. The van der Waals surface area contributed by atoms with Gasteiger partial charge in [-0.05, 0) is 18.2 Å². The summed E-state index contributed by atoms with van der Waals surface area (Å²) in [4.78, 5) is 12.8. The highest BCUT2D eigenvalue weighted by Crippen LogP contribution is 2.29. The van der Waals surface area contributed by atoms with Crippen LogP contribution in [0.5, 0.6) is 0 Å². The fourth-order valence-corrected chi connectivity index (χ4v) is 2.39. The smallest absolute Gasteiger partial charge is 0.332 e. The number of rotatable bonds is 4. The second kappa shape index (κ2) is 6.61. The molecule has 0 aliphatic rings. The number of hydrogen-bond donors (Lipinski definition) is 2. The van der Waals surface area contributed by atoms with Crippen LogP contribution in [-0.2, 0) is 0 Å². The third-order valence-electron chi connectivity index (χ3n) is 2.27. The first-order valence-electron chi connectivity index (χ1n) is 5.66. The van der Waals surface area contributed by atoms with E-state index in [9.17, 15) is 4.79 Å². The normalized spacial score (nSPS) is 10.5. The molecule has 3 N–H and O–H groups in total. The quantitative estimate of drug-likeness (QED) is 0.663. The molecule has 0 heterocycles. The third kappa shape index (κ3) is 4.15. The van der Waals surface area contributed by atoms with Crippen molar-refractivity contribution < 1.29 is 4.79 Å². The number of nitrogens with zero attached hydrogens (tertiary/aromatic N) is 1. The minimum absolute atomic E-state index is 0.676. The molecule has 0 aliphatic carbocycles. The Hall–Kier alpha value is -2.27. The maximum absolute atomic E-state index is 10.6. The lowest BCUT2D eigenvalue weighted by Crippen LogP contribution is -2.24. The summed E-state index contributed by atoms with van der Waals surface area (Å²) in [6, 6.07) is 17.2. The second-order valence-electron chi connectivity index (χ2n) is 3.69. The van der Waals surface area contributed by atoms with Crippen molar-refractivity contribution in [1.29, 1.82) is 0 Å². The van der Waals surface area contributed by atoms with Gasteiger partial charge >= 0.3 is 6.03 Å². The number of amides is 2. The molecular weight excluding hydrogens is 258 g/mol. The summed E-state index contributed by atoms with van der Waals surface area (Å²) in [6.45, 7) is 0. The van der Waals surface area contributed by atoms with E-state index in [1.165, 1.54) is 0 Å². The molecule has 0 fully saturated rings. The molecule has 2 rings (SSSR count). The van der Waals surface area contributed by atoms with E-state index in [4.69, 9.17) is 5.73 Å². The van der Waals surface area contributed by atoms with Gasteiger partial charge in [0.15, 0.2) is 0 Å². The van der Waals surface area contributed by atoms with Gasteiger partial charge in [0.2, 0.25) is 0 Å². The molecular formula is C14H13N3OS. The van der Waals surface area contributed by atoms with Crippen molar-refractivity contribution in [2.45, 2.75) is 9.79 Å². The standard InChI is InChI=1S/C14H13N3OS/c15-14(18)17-16-10-11-6-4-5-9-13(11)19-12-7-2-1-3-8-12/h1-10H,(H3,15,17,18). The lowest BCUT2D eigenvalue weighted by molar-refractivity contribution is 0.249. The lowest BCUT2D eigenvalue weighted by atomic mass is 10.2. The van der Waals surface area contributed by atoms with Crippen LogP contribution in [0.25, 0.3) is 0 Å². The Balaban J connectivity index is 2.17. The van der Waals surface area contributed by atoms with Crippen molar-refractivity contribution in [1.82, 2.24) is 5.43 Å². The molecule has 2 amide bonds. The van der Waals surface area contributed by atoms with E-state index < -0.39 is 6.03 Å². The van der Waals surface area contributed by atoms with Crippen LogP contribution < -0.4 is 11.2 Å². The van der Waals surface area contributed by atoms with Gasteiger partial charge in [-0.15, -0.1) is 0 Å². The Morgan fingerprint density at radius 1 is 1.11 bits per heavy atom. The maximum Gasteiger partial charge on any atom is 0.332 e. The topological polar surface area (TPSA) is 67.5 Å². The van der Waals surface area contributed by atoms with Crippen LogP contribution in [0.3, 0.4) is 0 Å². The van der Waals surface area contributed by atoms with Gasteiger partial charge in [-0.25, -0.2) is 10.2 Å². The molecule has 5 heteroatoms. The molecule has 0 unspecified atom stereocenters. The van der Waals surface area contributed by atoms with Crippen LogP contribution in [0, 0.1) is 0 Å². The number of carbonyl (C=O) groups excluding carboxylic acids is 1. The number of carbonyl (C=O) groups is 1. The van der Waals surface area contributed by atoms with Gasteiger partial charge < -0.3 is 5.73 Å². The molecule has 0 radical (unpaired) electrons. The van der Waals surface area contributed by atoms with Gasteiger partial charge in [0.05, 0.1) is 6.21 Å². The molecule has 0 atom stereocenters. The van der Waals surface area contributed by atoms with Crippen molar-refractivity contribution in [3.05, 3.63) is 60.2 Å². The van der Waals surface area contributed by atoms with Crippen LogP contribution in [0.2, 0.25) is 0 Å². The predicted molar refractivity (Wildman–Crippen MR) is 77.3 cm³/mol. The highest BCUT2D eigenvalue weighted by Gasteiger charge is 2.01. The fraction of sp³-hybridized carbons (Fsp3) is 0. The van der Waals surface area contributed by atoms with E-state index in [1.54, 1.807) is 18.0 Å². The highest BCUT2D eigenvalue weighted by molar-refractivity contribution is 7.99. The van der Waals surface area contributed by atoms with E-state index in [1.807, 2.05) is 54.6 Å². The summed E-state index contributed by atoms with van der Waals surface area (Å²) < 4.78 is 0. The molecule has 2 aromatic carbocycles. The Bertz CT molecular complexity index is 584. The SMILES string of the molecule is NC(=O)NN=Cc1ccccc1Sc1ccccc1. The van der Waals surface area contributed by atoms with Crippen LogP contribution in [0.4, 0.5) is 4.79 Å². The Morgan fingerprint density at radius 3 is 2.53 bits per heavy atom. The minimum Gasteiger partial charge on any atom is -0.350 e. The molecule has 0 saturated carbocycles. The van der Waals surface area contributed by atoms with Gasteiger partial charge in [-0.3, -0.25) is 0 Å². The van der Waals surface area contributed by atoms with Crippen molar-refractivity contribution >= 4 is 24.0 Å². The van der Waals surface area contributed by atoms with Crippen molar-refractivity contribution in [3.8, 4) is 0 Å². The average Bonchev–Trinajstić information content (AvgIpc) is 2.41. The van der Waals surface area contributed by atoms with E-state index in [2.05, 4.69) is 10.5 Å². The largest absolute Gasteiger partial charge is 0.350 e. The number of nitrogens with one attached hydrogen (secondary N) is 1. The first kappa shape index (κ1) is 13.2. The third-order valence-corrected chi connectivity index (χ3v) is 3.37. The minimum atomic E-state index is -0.676. The fourth-order valence-electron chi connectivity index (χ4n) is 1.46. The van der Waals surface area contributed by atoms with E-state index in [0.29, 0.717) is 0 Å². The number of urea groups is 1. The van der Waals surface area contributed by atoms with Gasteiger partial charge in [0.1, 0.15) is 0 Å². The van der Waals surface area contributed by atoms with Crippen molar-refractivity contribution in [2.75, 3.05) is 0 Å². The Morgan fingerprint density at radius 2 is 1.79 bits per heavy atom. The Labute approximate surface area is 115 Å². The molecule has 4 nitrogen and oxygen atoms in total. The molecule has 0 aromatic heterocycles. The van der Waals surface area contributed by atoms with Crippen molar-refractivity contribution in [2.24, 2.45) is 10.8 Å². The molecule has 0 saturated heterocycles. The highest BCUT2D eigenvalue weighted by atomic mass is 32.2. The first-order valence-corrected chi connectivity index (χ1v) is 6.48. The predicted octanol–water partition coefficient (Wildman–Crippen LogP) is 2.84. The van der Waals surface area contributed by atoms with E-state index >= 15 is 0 Å². The van der Waals surface area contributed by atoms with Crippen LogP contribution in [0.15, 0.2) is 69.5 Å². The molecule has 96 valence electrons. The zero-order valence-corrected chi connectivity index (χ0v) is 10.9. The van der Waals surface area contributed by atoms with Gasteiger partial charge in [-0.2, -0.15) is 5.10 Å². The lowest BCUT2D eigenvalue weighted by Gasteiger charge is -2.05. The molecule has 19 heavy (non-hydrogen) atoms. The van der Waals surface area contributed by atoms with E-state index in [0.717, 1.165) is 15.4 Å². The summed E-state index contributed by atoms with van der Waals surface area (Å²) in [5.74, 6) is 0. The number of nitrogens with two attached hydrogens (primary N) is 1. The van der Waals surface area contributed by atoms with E-state index in [-0.39, 0.29) is 0 Å². The van der Waals surface area contributed by atoms with Crippen molar-refractivity contribution in [3.63, 3.8) is 0 Å². The van der Waals surface area contributed by atoms with Crippen LogP contribution in [-0.4, -0.2) is 12.2 Å². The van der Waals surface area contributed by atoms with Gasteiger partial charge in [0.25, 0.3) is 0 Å². The molecule has 2 aromatic rings. The second-order valence-corrected chi connectivity index (χ2v) is 4.80. The zero-order chi connectivity index (χ0) is 13.5. The van der Waals surface area contributed by atoms with Gasteiger partial charge in [-0.1, -0.05) is 48.2 Å². The number of primary amides is 1. The summed E-state index contributed by atoms with van der Waals surface area (Å²) >= 11 is 1.64. The molecule has 0 aliphatic heterocycles. The summed E-state index contributed by atoms with van der Waals surface area (Å²) in [6.07, 6.45) is 1.58. The van der Waals surface area contributed by atoms with Crippen LogP contribution in [0.1, 0.15) is 5.56 Å². The van der Waals surface area contributed by atoms with Gasteiger partial charge in [0, 0.05) is 15.4 Å². The number of hydrogen-bond acceptors (Lipinski definition) is 3. The zero-order valence-electron chi connectivity index (χ0n) is 10.1. The average molecular weight is 271 g/mol. The van der Waals surface area contributed by atoms with Crippen LogP contribution >= 0.6 is 11.8 Å². The first-order chi connectivity index (χ1) is 9.25.